The van der Waals surface area contributed by atoms with Gasteiger partial charge in [-0.05, 0) is 19.2 Å². The maximum Gasteiger partial charge on any atom is 0.339 e. The lowest BCUT2D eigenvalue weighted by molar-refractivity contribution is -0.0117. The molecule has 6 nitrogen and oxygen atoms in total. The first-order chi connectivity index (χ1) is 9.06. The summed E-state index contributed by atoms with van der Waals surface area (Å²) >= 11 is 5.78. The zero-order chi connectivity index (χ0) is 13.8. The van der Waals surface area contributed by atoms with Crippen molar-refractivity contribution in [3.05, 3.63) is 22.8 Å². The third-order valence-electron chi connectivity index (χ3n) is 2.93. The van der Waals surface area contributed by atoms with Gasteiger partial charge in [0.05, 0.1) is 12.7 Å². The van der Waals surface area contributed by atoms with Gasteiger partial charge in [-0.1, -0.05) is 11.6 Å². The average molecular weight is 286 g/mol. The summed E-state index contributed by atoms with van der Waals surface area (Å²) in [5.41, 5.74) is 0.105. The molecular formula is C12H16ClN3O3. The van der Waals surface area contributed by atoms with Gasteiger partial charge in [0, 0.05) is 19.6 Å². The maximum atomic E-state index is 11.1. The Bertz CT molecular complexity index is 470. The van der Waals surface area contributed by atoms with Crippen molar-refractivity contribution in [3.63, 3.8) is 0 Å². The van der Waals surface area contributed by atoms with Crippen molar-refractivity contribution in [1.29, 1.82) is 0 Å². The normalized spacial score (nSPS) is 20.2. The Kier molecular flexibility index (Phi) is 4.57. The van der Waals surface area contributed by atoms with Crippen LogP contribution >= 0.6 is 11.6 Å². The van der Waals surface area contributed by atoms with Crippen LogP contribution in [0.5, 0.6) is 0 Å². The van der Waals surface area contributed by atoms with Crippen LogP contribution in [0.15, 0.2) is 12.1 Å². The highest BCUT2D eigenvalue weighted by atomic mass is 35.5. The third-order valence-corrected chi connectivity index (χ3v) is 3.14. The Morgan fingerprint density at radius 1 is 1.68 bits per heavy atom. The van der Waals surface area contributed by atoms with Gasteiger partial charge >= 0.3 is 5.97 Å². The van der Waals surface area contributed by atoms with Gasteiger partial charge in [-0.15, -0.1) is 0 Å². The zero-order valence-electron chi connectivity index (χ0n) is 10.6. The summed E-state index contributed by atoms with van der Waals surface area (Å²) in [4.78, 5) is 17.2. The Morgan fingerprint density at radius 3 is 3.16 bits per heavy atom. The molecule has 0 radical (unpaired) electrons. The van der Waals surface area contributed by atoms with E-state index in [0.717, 1.165) is 13.1 Å². The van der Waals surface area contributed by atoms with Gasteiger partial charge in [-0.3, -0.25) is 0 Å². The number of morpholine rings is 1. The molecule has 1 unspecified atom stereocenters. The predicted octanol–water partition coefficient (Wildman–Crippen LogP) is 1.18. The molecular weight excluding hydrogens is 270 g/mol. The Balaban J connectivity index is 2.02. The fraction of sp³-hybridized carbons (Fsp3) is 0.500. The van der Waals surface area contributed by atoms with Crippen LogP contribution in [0.25, 0.3) is 0 Å². The Labute approximate surface area is 116 Å². The van der Waals surface area contributed by atoms with Crippen LogP contribution in [0.1, 0.15) is 10.4 Å². The van der Waals surface area contributed by atoms with E-state index in [1.807, 2.05) is 7.05 Å². The number of rotatable bonds is 4. The lowest BCUT2D eigenvalue weighted by Crippen LogP contribution is -2.43. The van der Waals surface area contributed by atoms with Crippen LogP contribution in [-0.4, -0.2) is 60.4 Å². The minimum Gasteiger partial charge on any atom is -0.478 e. The van der Waals surface area contributed by atoms with Gasteiger partial charge in [0.2, 0.25) is 0 Å². The standard InChI is InChI=1S/C12H16ClN3O3/c1-16-4-5-19-8(7-16)6-14-11-9(12(17)18)2-3-10(13)15-11/h2-3,8H,4-7H2,1H3,(H,14,15)(H,17,18). The molecule has 7 heteroatoms. The van der Waals surface area contributed by atoms with Crippen LogP contribution in [0.2, 0.25) is 5.15 Å². The summed E-state index contributed by atoms with van der Waals surface area (Å²) < 4.78 is 5.59. The monoisotopic (exact) mass is 285 g/mol. The number of aromatic carboxylic acids is 1. The lowest BCUT2D eigenvalue weighted by atomic mass is 10.2. The van der Waals surface area contributed by atoms with E-state index >= 15 is 0 Å². The SMILES string of the molecule is CN1CCOC(CNc2nc(Cl)ccc2C(=O)O)C1. The number of anilines is 1. The van der Waals surface area contributed by atoms with Crippen LogP contribution < -0.4 is 5.32 Å². The van der Waals surface area contributed by atoms with E-state index < -0.39 is 5.97 Å². The van der Waals surface area contributed by atoms with E-state index in [-0.39, 0.29) is 22.6 Å². The van der Waals surface area contributed by atoms with Gasteiger partial charge in [0.25, 0.3) is 0 Å². The van der Waals surface area contributed by atoms with Crippen molar-refractivity contribution in [2.24, 2.45) is 0 Å². The van der Waals surface area contributed by atoms with Gasteiger partial charge in [-0.2, -0.15) is 0 Å². The lowest BCUT2D eigenvalue weighted by Gasteiger charge is -2.30. The second kappa shape index (κ2) is 6.18. The maximum absolute atomic E-state index is 11.1. The summed E-state index contributed by atoms with van der Waals surface area (Å²) in [5, 5.41) is 12.3. The quantitative estimate of drug-likeness (QED) is 0.809. The first kappa shape index (κ1) is 14.0. The van der Waals surface area contributed by atoms with E-state index in [0.29, 0.717) is 13.2 Å². The second-order valence-electron chi connectivity index (χ2n) is 4.47. The number of ether oxygens (including phenoxy) is 1. The highest BCUT2D eigenvalue weighted by Crippen LogP contribution is 2.17. The highest BCUT2D eigenvalue weighted by molar-refractivity contribution is 6.29. The third kappa shape index (κ3) is 3.79. The molecule has 2 rings (SSSR count). The van der Waals surface area contributed by atoms with E-state index in [1.165, 1.54) is 12.1 Å². The molecule has 2 heterocycles. The molecule has 19 heavy (non-hydrogen) atoms. The number of aromatic nitrogens is 1. The number of carboxylic acid groups (broad SMARTS) is 1. The van der Waals surface area contributed by atoms with Gasteiger partial charge in [0.15, 0.2) is 0 Å². The molecule has 2 N–H and O–H groups in total. The van der Waals surface area contributed by atoms with Crippen molar-refractivity contribution >= 4 is 23.4 Å². The van der Waals surface area contributed by atoms with Gasteiger partial charge < -0.3 is 20.1 Å². The van der Waals surface area contributed by atoms with Gasteiger partial charge in [-0.25, -0.2) is 9.78 Å². The molecule has 1 aliphatic rings. The number of hydrogen-bond acceptors (Lipinski definition) is 5. The fourth-order valence-corrected chi connectivity index (χ4v) is 2.09. The number of nitrogens with one attached hydrogen (secondary N) is 1. The number of carbonyl (C=O) groups is 1. The van der Waals surface area contributed by atoms with E-state index in [4.69, 9.17) is 21.4 Å². The molecule has 104 valence electrons. The number of nitrogens with zero attached hydrogens (tertiary/aromatic N) is 2. The average Bonchev–Trinajstić information content (AvgIpc) is 2.36. The molecule has 1 fully saturated rings. The molecule has 1 atom stereocenters. The van der Waals surface area contributed by atoms with E-state index in [9.17, 15) is 4.79 Å². The van der Waals surface area contributed by atoms with E-state index in [2.05, 4.69) is 15.2 Å². The van der Waals surface area contributed by atoms with Crippen LogP contribution in [0.4, 0.5) is 5.82 Å². The van der Waals surface area contributed by atoms with Crippen molar-refractivity contribution in [1.82, 2.24) is 9.88 Å². The highest BCUT2D eigenvalue weighted by Gasteiger charge is 2.19. The molecule has 0 amide bonds. The largest absolute Gasteiger partial charge is 0.478 e. The predicted molar refractivity (Wildman–Crippen MR) is 71.9 cm³/mol. The minimum atomic E-state index is -1.03. The van der Waals surface area contributed by atoms with E-state index in [1.54, 1.807) is 0 Å². The molecule has 0 aliphatic carbocycles. The summed E-state index contributed by atoms with van der Waals surface area (Å²) in [6, 6.07) is 2.90. The molecule has 0 saturated carbocycles. The molecule has 1 aromatic rings. The summed E-state index contributed by atoms with van der Waals surface area (Å²) in [7, 11) is 2.02. The minimum absolute atomic E-state index is 0.0150. The molecule has 0 spiro atoms. The topological polar surface area (TPSA) is 74.7 Å². The molecule has 1 aliphatic heterocycles. The Morgan fingerprint density at radius 2 is 2.47 bits per heavy atom. The first-order valence-corrected chi connectivity index (χ1v) is 6.38. The molecule has 1 aromatic heterocycles. The van der Waals surface area contributed by atoms with Crippen LogP contribution in [0.3, 0.4) is 0 Å². The van der Waals surface area contributed by atoms with Crippen LogP contribution in [-0.2, 0) is 4.74 Å². The molecule has 0 aromatic carbocycles. The van der Waals surface area contributed by atoms with Gasteiger partial charge in [0.1, 0.15) is 16.5 Å². The second-order valence-corrected chi connectivity index (χ2v) is 4.86. The summed E-state index contributed by atoms with van der Waals surface area (Å²) in [5.74, 6) is -0.759. The van der Waals surface area contributed by atoms with Crippen molar-refractivity contribution in [3.8, 4) is 0 Å². The fourth-order valence-electron chi connectivity index (χ4n) is 1.94. The number of carboxylic acids is 1. The Hall–Kier alpha value is -1.37. The number of halogens is 1. The molecule has 1 saturated heterocycles. The summed E-state index contributed by atoms with van der Waals surface area (Å²) in [6.45, 7) is 2.89. The number of likely N-dealkylation sites (N-methyl/N-ethyl adjacent to an activating group) is 1. The van der Waals surface area contributed by atoms with Crippen molar-refractivity contribution in [2.45, 2.75) is 6.10 Å². The van der Waals surface area contributed by atoms with Crippen molar-refractivity contribution < 1.29 is 14.6 Å². The van der Waals surface area contributed by atoms with Crippen LogP contribution in [0, 0.1) is 0 Å². The molecule has 0 bridgehead atoms. The summed E-state index contributed by atoms with van der Waals surface area (Å²) in [6.07, 6.45) is 0.0150. The number of pyridine rings is 1. The van der Waals surface area contributed by atoms with Crippen molar-refractivity contribution in [2.75, 3.05) is 38.6 Å². The zero-order valence-corrected chi connectivity index (χ0v) is 11.4. The number of hydrogen-bond donors (Lipinski definition) is 2. The first-order valence-electron chi connectivity index (χ1n) is 6.00. The smallest absolute Gasteiger partial charge is 0.339 e.